The summed E-state index contributed by atoms with van der Waals surface area (Å²) in [4.78, 5) is 24.5. The van der Waals surface area contributed by atoms with Gasteiger partial charge in [0.05, 0.1) is 25.4 Å². The minimum Gasteiger partial charge on any atom is -0.466 e. The van der Waals surface area contributed by atoms with Crippen molar-refractivity contribution in [1.29, 1.82) is 0 Å². The number of unbranched alkanes of at least 4 members (excludes halogenated alkanes) is 44. The maximum atomic E-state index is 12.4. The first-order valence-corrected chi connectivity index (χ1v) is 30.4. The predicted molar refractivity (Wildman–Crippen MR) is 292 cm³/mol. The van der Waals surface area contributed by atoms with E-state index < -0.39 is 12.1 Å². The van der Waals surface area contributed by atoms with E-state index in [0.29, 0.717) is 25.9 Å². The molecule has 0 spiro atoms. The molecule has 0 saturated heterocycles. The van der Waals surface area contributed by atoms with Gasteiger partial charge in [0.25, 0.3) is 0 Å². The maximum absolute atomic E-state index is 12.4. The number of aliphatic hydroxyl groups excluding tert-OH is 2. The second-order valence-corrected chi connectivity index (χ2v) is 21.0. The Balaban J connectivity index is 3.35. The lowest BCUT2D eigenvalue weighted by molar-refractivity contribution is -0.143. The van der Waals surface area contributed by atoms with E-state index in [1.54, 1.807) is 0 Å². The molecule has 1 amide bonds. The van der Waals surface area contributed by atoms with E-state index >= 15 is 0 Å². The molecule has 0 aromatic rings. The minimum absolute atomic E-state index is 0.0168. The fourth-order valence-electron chi connectivity index (χ4n) is 9.64. The molecule has 0 aliphatic carbocycles. The van der Waals surface area contributed by atoms with Crippen LogP contribution in [0.4, 0.5) is 0 Å². The van der Waals surface area contributed by atoms with Gasteiger partial charge < -0.3 is 20.3 Å². The van der Waals surface area contributed by atoms with Crippen molar-refractivity contribution in [3.63, 3.8) is 0 Å². The minimum atomic E-state index is -0.663. The van der Waals surface area contributed by atoms with E-state index in [1.165, 1.54) is 270 Å². The fraction of sp³-hybridized carbons (Fsp3) is 0.934. The van der Waals surface area contributed by atoms with Crippen molar-refractivity contribution < 1.29 is 24.5 Å². The Morgan fingerprint density at radius 3 is 1.06 bits per heavy atom. The van der Waals surface area contributed by atoms with Gasteiger partial charge in [0.15, 0.2) is 0 Å². The van der Waals surface area contributed by atoms with E-state index in [2.05, 4.69) is 31.3 Å². The molecular formula is C61H119NO5. The number of hydrogen-bond acceptors (Lipinski definition) is 5. The standard InChI is InChI=1S/C61H119NO5/c1-3-5-7-9-11-13-15-16-28-32-35-39-43-47-51-55-61(66)67-56-52-48-44-40-36-33-30-27-25-23-21-19-17-18-20-22-24-26-29-31-34-38-42-46-50-54-60(65)62-58(57-63)59(64)53-49-45-41-37-14-12-10-8-6-4-2/h18,20,58-59,63-64H,3-17,19,21-57H2,1-2H3,(H,62,65)/b20-18-. The molecule has 0 rings (SSSR count). The van der Waals surface area contributed by atoms with E-state index in [0.717, 1.165) is 38.5 Å². The Hall–Kier alpha value is -1.40. The zero-order valence-electron chi connectivity index (χ0n) is 45.4. The van der Waals surface area contributed by atoms with Crippen LogP contribution in [-0.4, -0.2) is 47.4 Å². The third-order valence-electron chi connectivity index (χ3n) is 14.3. The number of carbonyl (C=O) groups is 2. The van der Waals surface area contributed by atoms with Crippen LogP contribution in [0.3, 0.4) is 0 Å². The van der Waals surface area contributed by atoms with Crippen LogP contribution < -0.4 is 5.32 Å². The van der Waals surface area contributed by atoms with Gasteiger partial charge in [0, 0.05) is 12.8 Å². The average molecular weight is 947 g/mol. The van der Waals surface area contributed by atoms with Crippen LogP contribution in [0, 0.1) is 0 Å². The van der Waals surface area contributed by atoms with Crippen LogP contribution in [0.2, 0.25) is 0 Å². The number of ether oxygens (including phenoxy) is 1. The third kappa shape index (κ3) is 53.8. The highest BCUT2D eigenvalue weighted by Gasteiger charge is 2.20. The van der Waals surface area contributed by atoms with E-state index in [1.807, 2.05) is 0 Å². The van der Waals surface area contributed by atoms with Crippen molar-refractivity contribution >= 4 is 11.9 Å². The normalized spacial score (nSPS) is 12.6. The molecule has 67 heavy (non-hydrogen) atoms. The highest BCUT2D eigenvalue weighted by atomic mass is 16.5. The summed E-state index contributed by atoms with van der Waals surface area (Å²) in [5.74, 6) is -0.0216. The quantitative estimate of drug-likeness (QED) is 0.0321. The molecular weight excluding hydrogens is 827 g/mol. The molecule has 2 atom stereocenters. The van der Waals surface area contributed by atoms with Crippen LogP contribution in [0.5, 0.6) is 0 Å². The number of amides is 1. The molecule has 3 N–H and O–H groups in total. The van der Waals surface area contributed by atoms with Crippen LogP contribution >= 0.6 is 0 Å². The Labute approximate surface area is 419 Å². The number of allylic oxidation sites excluding steroid dienone is 2. The molecule has 6 heteroatoms. The van der Waals surface area contributed by atoms with Crippen molar-refractivity contribution in [1.82, 2.24) is 5.32 Å². The van der Waals surface area contributed by atoms with Crippen molar-refractivity contribution in [2.24, 2.45) is 0 Å². The first-order chi connectivity index (χ1) is 33.0. The molecule has 0 radical (unpaired) electrons. The molecule has 0 aliphatic rings. The largest absolute Gasteiger partial charge is 0.466 e. The summed E-state index contributed by atoms with van der Waals surface area (Å²) in [5, 5.41) is 23.1. The molecule has 0 heterocycles. The van der Waals surface area contributed by atoms with Crippen molar-refractivity contribution in [3.8, 4) is 0 Å². The van der Waals surface area contributed by atoms with Crippen molar-refractivity contribution in [3.05, 3.63) is 12.2 Å². The monoisotopic (exact) mass is 946 g/mol. The van der Waals surface area contributed by atoms with Crippen LogP contribution in [-0.2, 0) is 14.3 Å². The van der Waals surface area contributed by atoms with Gasteiger partial charge in [-0.05, 0) is 51.4 Å². The summed E-state index contributed by atoms with van der Waals surface area (Å²) in [6, 6.07) is -0.541. The van der Waals surface area contributed by atoms with Crippen LogP contribution in [0.15, 0.2) is 12.2 Å². The lowest BCUT2D eigenvalue weighted by atomic mass is 10.0. The topological polar surface area (TPSA) is 95.9 Å². The van der Waals surface area contributed by atoms with Gasteiger partial charge in [0.1, 0.15) is 0 Å². The molecule has 398 valence electrons. The second kappa shape index (κ2) is 57.2. The Morgan fingerprint density at radius 1 is 0.403 bits per heavy atom. The predicted octanol–water partition coefficient (Wildman–Crippen LogP) is 18.9. The van der Waals surface area contributed by atoms with Crippen molar-refractivity contribution in [2.75, 3.05) is 13.2 Å². The van der Waals surface area contributed by atoms with Crippen molar-refractivity contribution in [2.45, 2.75) is 353 Å². The van der Waals surface area contributed by atoms with Crippen LogP contribution in [0.25, 0.3) is 0 Å². The molecule has 0 aromatic carbocycles. The average Bonchev–Trinajstić information content (AvgIpc) is 3.33. The zero-order valence-corrected chi connectivity index (χ0v) is 45.4. The maximum Gasteiger partial charge on any atom is 0.305 e. The molecule has 0 aliphatic heterocycles. The number of esters is 1. The lowest BCUT2D eigenvalue weighted by Crippen LogP contribution is -2.45. The SMILES string of the molecule is CCCCCCCCCCCCCCCCCC(=O)OCCCCCCCCCCCCCC/C=C\CCCCCCCCCCCC(=O)NC(CO)C(O)CCCCCCCCCCCC. The summed E-state index contributed by atoms with van der Waals surface area (Å²) in [6.07, 6.45) is 68.0. The van der Waals surface area contributed by atoms with E-state index in [-0.39, 0.29) is 18.5 Å². The molecule has 0 bridgehead atoms. The van der Waals surface area contributed by atoms with Gasteiger partial charge in [-0.1, -0.05) is 289 Å². The number of nitrogens with one attached hydrogen (secondary N) is 1. The van der Waals surface area contributed by atoms with Gasteiger partial charge in [-0.2, -0.15) is 0 Å². The summed E-state index contributed by atoms with van der Waals surface area (Å²) in [6.45, 7) is 4.96. The smallest absolute Gasteiger partial charge is 0.305 e. The molecule has 6 nitrogen and oxygen atoms in total. The Bertz CT molecular complexity index is 1000. The number of aliphatic hydroxyl groups is 2. The second-order valence-electron chi connectivity index (χ2n) is 21.0. The fourth-order valence-corrected chi connectivity index (χ4v) is 9.64. The highest BCUT2D eigenvalue weighted by Crippen LogP contribution is 2.18. The molecule has 0 saturated carbocycles. The van der Waals surface area contributed by atoms with Gasteiger partial charge in [0.2, 0.25) is 5.91 Å². The zero-order chi connectivity index (χ0) is 48.6. The molecule has 2 unspecified atom stereocenters. The summed E-state index contributed by atoms with van der Waals surface area (Å²) < 4.78 is 5.49. The van der Waals surface area contributed by atoms with Gasteiger partial charge in [-0.15, -0.1) is 0 Å². The van der Waals surface area contributed by atoms with Crippen LogP contribution in [0.1, 0.15) is 341 Å². The number of hydrogen-bond donors (Lipinski definition) is 3. The van der Waals surface area contributed by atoms with E-state index in [9.17, 15) is 19.8 Å². The first kappa shape index (κ1) is 65.6. The summed E-state index contributed by atoms with van der Waals surface area (Å²) in [7, 11) is 0. The van der Waals surface area contributed by atoms with Gasteiger partial charge in [-0.25, -0.2) is 0 Å². The Kier molecular flexibility index (Phi) is 56.0. The van der Waals surface area contributed by atoms with Gasteiger partial charge >= 0.3 is 5.97 Å². The summed E-state index contributed by atoms with van der Waals surface area (Å²) in [5.41, 5.74) is 0. The third-order valence-corrected chi connectivity index (χ3v) is 14.3. The number of rotatable bonds is 57. The molecule has 0 aromatic heterocycles. The summed E-state index contributed by atoms with van der Waals surface area (Å²) >= 11 is 0. The highest BCUT2D eigenvalue weighted by molar-refractivity contribution is 5.76. The van der Waals surface area contributed by atoms with Gasteiger partial charge in [-0.3, -0.25) is 9.59 Å². The Morgan fingerprint density at radius 2 is 0.701 bits per heavy atom. The lowest BCUT2D eigenvalue weighted by Gasteiger charge is -2.22. The molecule has 0 fully saturated rings. The first-order valence-electron chi connectivity index (χ1n) is 30.4. The number of carbonyl (C=O) groups excluding carboxylic acids is 2. The van der Waals surface area contributed by atoms with E-state index in [4.69, 9.17) is 4.74 Å².